The van der Waals surface area contributed by atoms with Crippen LogP contribution >= 0.6 is 0 Å². The van der Waals surface area contributed by atoms with Crippen LogP contribution in [-0.2, 0) is 0 Å². The van der Waals surface area contributed by atoms with Gasteiger partial charge >= 0.3 is 0 Å². The van der Waals surface area contributed by atoms with Gasteiger partial charge in [-0.05, 0) is 12.8 Å². The summed E-state index contributed by atoms with van der Waals surface area (Å²) in [6.45, 7) is 3.20. The Bertz CT molecular complexity index is 496. The molecule has 2 heterocycles. The Labute approximate surface area is 105 Å². The summed E-state index contributed by atoms with van der Waals surface area (Å²) in [5.74, 6) is 1.49. The van der Waals surface area contributed by atoms with Gasteiger partial charge in [-0.25, -0.2) is 9.97 Å². The minimum Gasteiger partial charge on any atom is -0.369 e. The molecule has 0 aliphatic heterocycles. The van der Waals surface area contributed by atoms with E-state index in [4.69, 9.17) is 0 Å². The summed E-state index contributed by atoms with van der Waals surface area (Å²) in [7, 11) is 0. The van der Waals surface area contributed by atoms with Gasteiger partial charge in [0.15, 0.2) is 11.5 Å². The lowest BCUT2D eigenvalue weighted by Gasteiger charge is -2.10. The number of anilines is 2. The quantitative estimate of drug-likeness (QED) is 0.741. The van der Waals surface area contributed by atoms with Crippen molar-refractivity contribution < 1.29 is 4.39 Å². The van der Waals surface area contributed by atoms with E-state index in [2.05, 4.69) is 27.5 Å². The first-order valence-corrected chi connectivity index (χ1v) is 6.22. The Balaban J connectivity index is 2.21. The zero-order valence-corrected chi connectivity index (χ0v) is 10.5. The lowest BCUT2D eigenvalue weighted by Crippen LogP contribution is -2.09. The van der Waals surface area contributed by atoms with E-state index < -0.39 is 0 Å². The minimum absolute atomic E-state index is 0.328. The third kappa shape index (κ3) is 2.88. The van der Waals surface area contributed by atoms with Crippen LogP contribution in [0.5, 0.6) is 0 Å². The zero-order valence-electron chi connectivity index (χ0n) is 10.5. The maximum Gasteiger partial charge on any atom is 0.180 e. The topological polar surface area (TPSA) is 54.2 Å². The van der Waals surface area contributed by atoms with E-state index in [-0.39, 0.29) is 6.67 Å². The first-order chi connectivity index (χ1) is 8.85. The summed E-state index contributed by atoms with van der Waals surface area (Å²) in [6, 6.07) is 0. The molecule has 0 aromatic carbocycles. The summed E-state index contributed by atoms with van der Waals surface area (Å²) >= 11 is 0. The number of fused-ring (bicyclic) bond motifs is 1. The summed E-state index contributed by atoms with van der Waals surface area (Å²) in [5.41, 5.74) is 0.760. The van der Waals surface area contributed by atoms with Crippen LogP contribution in [0.4, 0.5) is 16.0 Å². The average Bonchev–Trinajstić information content (AvgIpc) is 2.85. The van der Waals surface area contributed by atoms with Gasteiger partial charge in [-0.15, -0.1) is 0 Å². The molecule has 5 nitrogen and oxygen atoms in total. The van der Waals surface area contributed by atoms with Gasteiger partial charge in [-0.1, -0.05) is 6.92 Å². The van der Waals surface area contributed by atoms with Crippen LogP contribution in [0.2, 0.25) is 0 Å². The highest BCUT2D eigenvalue weighted by atomic mass is 19.1. The van der Waals surface area contributed by atoms with Crippen molar-refractivity contribution in [1.29, 1.82) is 0 Å². The summed E-state index contributed by atoms with van der Waals surface area (Å²) in [4.78, 5) is 8.69. The van der Waals surface area contributed by atoms with Crippen molar-refractivity contribution in [3.8, 4) is 0 Å². The van der Waals surface area contributed by atoms with Crippen molar-refractivity contribution in [1.82, 2.24) is 14.4 Å². The number of hydrogen-bond donors (Lipinski definition) is 2. The maximum atomic E-state index is 12.1. The smallest absolute Gasteiger partial charge is 0.180 e. The van der Waals surface area contributed by atoms with E-state index in [0.717, 1.165) is 24.4 Å². The first-order valence-electron chi connectivity index (χ1n) is 6.22. The SMILES string of the molecule is CCCNc1cn2ccnc2c(NCCCF)n1. The molecule has 0 saturated heterocycles. The number of nitrogens with zero attached hydrogens (tertiary/aromatic N) is 3. The molecule has 0 radical (unpaired) electrons. The van der Waals surface area contributed by atoms with Gasteiger partial charge < -0.3 is 15.0 Å². The highest BCUT2D eigenvalue weighted by molar-refractivity contribution is 5.65. The van der Waals surface area contributed by atoms with Crippen molar-refractivity contribution in [2.45, 2.75) is 19.8 Å². The van der Waals surface area contributed by atoms with Crippen LogP contribution in [0.1, 0.15) is 19.8 Å². The molecule has 2 rings (SSSR count). The summed E-state index contributed by atoms with van der Waals surface area (Å²) < 4.78 is 14.0. The molecule has 6 heteroatoms. The van der Waals surface area contributed by atoms with Crippen molar-refractivity contribution in [3.63, 3.8) is 0 Å². The largest absolute Gasteiger partial charge is 0.369 e. The monoisotopic (exact) mass is 251 g/mol. The highest BCUT2D eigenvalue weighted by Gasteiger charge is 2.06. The molecule has 0 spiro atoms. The molecule has 2 aromatic heterocycles. The fourth-order valence-corrected chi connectivity index (χ4v) is 1.66. The Morgan fingerprint density at radius 2 is 2.22 bits per heavy atom. The Morgan fingerprint density at radius 1 is 1.33 bits per heavy atom. The molecule has 18 heavy (non-hydrogen) atoms. The van der Waals surface area contributed by atoms with Gasteiger partial charge in [0.05, 0.1) is 12.9 Å². The second kappa shape index (κ2) is 6.18. The molecule has 0 bridgehead atoms. The highest BCUT2D eigenvalue weighted by Crippen LogP contribution is 2.16. The molecule has 0 aliphatic rings. The fraction of sp³-hybridized carbons (Fsp3) is 0.500. The van der Waals surface area contributed by atoms with E-state index in [1.54, 1.807) is 6.20 Å². The lowest BCUT2D eigenvalue weighted by atomic mass is 10.4. The normalized spacial score (nSPS) is 10.8. The number of alkyl halides is 1. The number of nitrogens with one attached hydrogen (secondary N) is 2. The van der Waals surface area contributed by atoms with E-state index in [1.165, 1.54) is 0 Å². The zero-order chi connectivity index (χ0) is 12.8. The van der Waals surface area contributed by atoms with Crippen molar-refractivity contribution in [2.24, 2.45) is 0 Å². The third-order valence-corrected chi connectivity index (χ3v) is 2.53. The second-order valence-corrected chi connectivity index (χ2v) is 4.03. The molecule has 98 valence electrons. The van der Waals surface area contributed by atoms with E-state index >= 15 is 0 Å². The second-order valence-electron chi connectivity index (χ2n) is 4.03. The molecule has 2 N–H and O–H groups in total. The van der Waals surface area contributed by atoms with Crippen LogP contribution in [0, 0.1) is 0 Å². The molecular weight excluding hydrogens is 233 g/mol. The Kier molecular flexibility index (Phi) is 4.33. The van der Waals surface area contributed by atoms with Gasteiger partial charge in [0, 0.05) is 25.5 Å². The predicted octanol–water partition coefficient (Wildman–Crippen LogP) is 2.32. The molecule has 0 atom stereocenters. The molecular formula is C12H18FN5. The van der Waals surface area contributed by atoms with Crippen molar-refractivity contribution in [3.05, 3.63) is 18.6 Å². The van der Waals surface area contributed by atoms with Crippen LogP contribution < -0.4 is 10.6 Å². The van der Waals surface area contributed by atoms with Crippen LogP contribution in [-0.4, -0.2) is 34.1 Å². The minimum atomic E-state index is -0.328. The van der Waals surface area contributed by atoms with Gasteiger partial charge in [0.1, 0.15) is 5.82 Å². The van der Waals surface area contributed by atoms with E-state index in [0.29, 0.717) is 18.8 Å². The van der Waals surface area contributed by atoms with Gasteiger partial charge in [-0.3, -0.25) is 4.39 Å². The van der Waals surface area contributed by atoms with Gasteiger partial charge in [-0.2, -0.15) is 0 Å². The van der Waals surface area contributed by atoms with E-state index in [9.17, 15) is 4.39 Å². The van der Waals surface area contributed by atoms with Gasteiger partial charge in [0.2, 0.25) is 0 Å². The van der Waals surface area contributed by atoms with Crippen LogP contribution in [0.3, 0.4) is 0 Å². The molecule has 0 aliphatic carbocycles. The number of hydrogen-bond acceptors (Lipinski definition) is 4. The molecule has 0 amide bonds. The average molecular weight is 251 g/mol. The lowest BCUT2D eigenvalue weighted by molar-refractivity contribution is 0.481. The fourth-order valence-electron chi connectivity index (χ4n) is 1.66. The first kappa shape index (κ1) is 12.6. The number of imidazole rings is 1. The number of halogens is 1. The number of rotatable bonds is 7. The Morgan fingerprint density at radius 3 is 3.00 bits per heavy atom. The third-order valence-electron chi connectivity index (χ3n) is 2.53. The maximum absolute atomic E-state index is 12.1. The predicted molar refractivity (Wildman–Crippen MR) is 70.8 cm³/mol. The Hall–Kier alpha value is -1.85. The molecule has 0 unspecified atom stereocenters. The van der Waals surface area contributed by atoms with E-state index in [1.807, 2.05) is 16.8 Å². The van der Waals surface area contributed by atoms with Crippen molar-refractivity contribution in [2.75, 3.05) is 30.4 Å². The van der Waals surface area contributed by atoms with Crippen LogP contribution in [0.25, 0.3) is 5.65 Å². The molecule has 2 aromatic rings. The van der Waals surface area contributed by atoms with Crippen molar-refractivity contribution >= 4 is 17.3 Å². The summed E-state index contributed by atoms with van der Waals surface area (Å²) in [6.07, 6.45) is 7.00. The van der Waals surface area contributed by atoms with Crippen LogP contribution in [0.15, 0.2) is 18.6 Å². The molecule has 0 saturated carbocycles. The standard InChI is InChI=1S/C12H18FN5/c1-2-5-14-10-9-18-8-7-16-12(18)11(17-10)15-6-3-4-13/h7-9,14H,2-6H2,1H3,(H,15,17). The molecule has 0 fully saturated rings. The van der Waals surface area contributed by atoms with Gasteiger partial charge in [0.25, 0.3) is 0 Å². The summed E-state index contributed by atoms with van der Waals surface area (Å²) in [5, 5.41) is 6.35. The number of aromatic nitrogens is 3.